The fourth-order valence-corrected chi connectivity index (χ4v) is 1.26. The van der Waals surface area contributed by atoms with Crippen LogP contribution in [0.1, 0.15) is 13.3 Å². The third kappa shape index (κ3) is 3.86. The Labute approximate surface area is 101 Å². The first kappa shape index (κ1) is 13.2. The van der Waals surface area contributed by atoms with E-state index in [9.17, 15) is 4.79 Å². The largest absolute Gasteiger partial charge is 0.480 e. The van der Waals surface area contributed by atoms with E-state index in [0.717, 1.165) is 5.69 Å². The molecule has 5 heteroatoms. The highest BCUT2D eigenvalue weighted by molar-refractivity contribution is 5.73. The molecule has 0 aliphatic heterocycles. The lowest BCUT2D eigenvalue weighted by Gasteiger charge is -2.11. The molecule has 0 spiro atoms. The highest BCUT2D eigenvalue weighted by atomic mass is 16.4. The minimum atomic E-state index is -0.943. The summed E-state index contributed by atoms with van der Waals surface area (Å²) in [5.74, 6) is -0.943. The number of nitrogens with zero attached hydrogens (tertiary/aromatic N) is 3. The van der Waals surface area contributed by atoms with Crippen molar-refractivity contribution >= 4 is 17.3 Å². The van der Waals surface area contributed by atoms with Crippen molar-refractivity contribution in [1.29, 1.82) is 0 Å². The van der Waals surface area contributed by atoms with Crippen LogP contribution in [0.4, 0.5) is 11.4 Å². The number of carbonyl (C=O) groups is 1. The van der Waals surface area contributed by atoms with Gasteiger partial charge in [0.15, 0.2) is 6.04 Å². The van der Waals surface area contributed by atoms with Gasteiger partial charge in [0, 0.05) is 19.8 Å². The smallest absolute Gasteiger partial charge is 0.330 e. The van der Waals surface area contributed by atoms with Crippen molar-refractivity contribution < 1.29 is 9.90 Å². The highest BCUT2D eigenvalue weighted by Gasteiger charge is 2.12. The number of rotatable bonds is 5. The molecule has 1 unspecified atom stereocenters. The van der Waals surface area contributed by atoms with E-state index in [1.165, 1.54) is 0 Å². The molecule has 92 valence electrons. The zero-order valence-electron chi connectivity index (χ0n) is 10.3. The van der Waals surface area contributed by atoms with Gasteiger partial charge in [-0.1, -0.05) is 6.92 Å². The molecule has 1 aromatic rings. The predicted octanol–water partition coefficient (Wildman–Crippen LogP) is 2.70. The van der Waals surface area contributed by atoms with Crippen LogP contribution in [0.15, 0.2) is 34.5 Å². The molecule has 17 heavy (non-hydrogen) atoms. The minimum absolute atomic E-state index is 0.439. The van der Waals surface area contributed by atoms with Crippen LogP contribution >= 0.6 is 0 Å². The summed E-state index contributed by atoms with van der Waals surface area (Å²) >= 11 is 0. The van der Waals surface area contributed by atoms with E-state index in [-0.39, 0.29) is 0 Å². The number of aliphatic carboxylic acids is 1. The molecule has 0 aliphatic carbocycles. The fourth-order valence-electron chi connectivity index (χ4n) is 1.26. The van der Waals surface area contributed by atoms with Crippen LogP contribution in [0.2, 0.25) is 0 Å². The maximum atomic E-state index is 10.7. The van der Waals surface area contributed by atoms with Gasteiger partial charge in [-0.05, 0) is 30.7 Å². The van der Waals surface area contributed by atoms with Crippen molar-refractivity contribution in [2.24, 2.45) is 10.2 Å². The molecule has 0 aromatic heterocycles. The number of hydrogen-bond acceptors (Lipinski definition) is 4. The van der Waals surface area contributed by atoms with Gasteiger partial charge < -0.3 is 10.0 Å². The standard InChI is InChI=1S/C12H17N3O2/c1-4-11(12(16)17)14-13-9-5-7-10(8-6-9)15(2)3/h5-8,11H,4H2,1-3H3,(H,16,17). The van der Waals surface area contributed by atoms with Gasteiger partial charge in [-0.2, -0.15) is 10.2 Å². The molecule has 5 nitrogen and oxygen atoms in total. The number of anilines is 1. The van der Waals surface area contributed by atoms with E-state index in [1.54, 1.807) is 6.92 Å². The van der Waals surface area contributed by atoms with Gasteiger partial charge in [0.05, 0.1) is 5.69 Å². The first-order chi connectivity index (χ1) is 8.04. The summed E-state index contributed by atoms with van der Waals surface area (Å²) in [5, 5.41) is 16.5. The normalized spacial score (nSPS) is 12.6. The molecule has 0 saturated heterocycles. The Morgan fingerprint density at radius 2 is 1.94 bits per heavy atom. The maximum Gasteiger partial charge on any atom is 0.330 e. The maximum absolute atomic E-state index is 10.7. The summed E-state index contributed by atoms with van der Waals surface area (Å²) in [6.45, 7) is 1.77. The summed E-state index contributed by atoms with van der Waals surface area (Å²) < 4.78 is 0. The van der Waals surface area contributed by atoms with Crippen LogP contribution < -0.4 is 4.90 Å². The highest BCUT2D eigenvalue weighted by Crippen LogP contribution is 2.18. The van der Waals surface area contributed by atoms with E-state index < -0.39 is 12.0 Å². The number of azo groups is 1. The second-order valence-corrected chi connectivity index (χ2v) is 3.89. The quantitative estimate of drug-likeness (QED) is 0.798. The zero-order chi connectivity index (χ0) is 12.8. The van der Waals surface area contributed by atoms with Crippen LogP contribution in [0.25, 0.3) is 0 Å². The monoisotopic (exact) mass is 235 g/mol. The van der Waals surface area contributed by atoms with E-state index in [1.807, 2.05) is 43.3 Å². The van der Waals surface area contributed by atoms with Crippen molar-refractivity contribution in [1.82, 2.24) is 0 Å². The topological polar surface area (TPSA) is 65.3 Å². The molecular weight excluding hydrogens is 218 g/mol. The van der Waals surface area contributed by atoms with Crippen molar-refractivity contribution in [2.75, 3.05) is 19.0 Å². The summed E-state index contributed by atoms with van der Waals surface area (Å²) in [4.78, 5) is 12.7. The molecule has 0 fully saturated rings. The molecule has 1 N–H and O–H groups in total. The van der Waals surface area contributed by atoms with Gasteiger partial charge in [0.25, 0.3) is 0 Å². The van der Waals surface area contributed by atoms with Crippen LogP contribution in [-0.4, -0.2) is 31.2 Å². The van der Waals surface area contributed by atoms with E-state index in [0.29, 0.717) is 12.1 Å². The molecule has 0 bridgehead atoms. The fraction of sp³-hybridized carbons (Fsp3) is 0.417. The Balaban J connectivity index is 2.74. The Morgan fingerprint density at radius 1 is 1.35 bits per heavy atom. The lowest BCUT2D eigenvalue weighted by molar-refractivity contribution is -0.138. The summed E-state index contributed by atoms with van der Waals surface area (Å²) in [7, 11) is 3.90. The summed E-state index contributed by atoms with van der Waals surface area (Å²) in [6.07, 6.45) is 0.439. The average Bonchev–Trinajstić information content (AvgIpc) is 2.30. The van der Waals surface area contributed by atoms with Crippen molar-refractivity contribution in [2.45, 2.75) is 19.4 Å². The van der Waals surface area contributed by atoms with E-state index >= 15 is 0 Å². The molecular formula is C12H17N3O2. The average molecular weight is 235 g/mol. The molecule has 0 aliphatic rings. The molecule has 0 amide bonds. The van der Waals surface area contributed by atoms with Gasteiger partial charge in [-0.15, -0.1) is 0 Å². The second-order valence-electron chi connectivity index (χ2n) is 3.89. The number of carboxylic acid groups (broad SMARTS) is 1. The Bertz CT molecular complexity index is 399. The van der Waals surface area contributed by atoms with Crippen LogP contribution in [0.3, 0.4) is 0 Å². The Morgan fingerprint density at radius 3 is 2.35 bits per heavy atom. The number of carboxylic acids is 1. The van der Waals surface area contributed by atoms with Crippen molar-refractivity contribution in [3.63, 3.8) is 0 Å². The Kier molecular flexibility index (Phi) is 4.63. The molecule has 1 aromatic carbocycles. The van der Waals surface area contributed by atoms with E-state index in [2.05, 4.69) is 10.2 Å². The third-order valence-electron chi connectivity index (χ3n) is 2.35. The first-order valence-corrected chi connectivity index (χ1v) is 5.45. The van der Waals surface area contributed by atoms with Gasteiger partial charge in [0.2, 0.25) is 0 Å². The lowest BCUT2D eigenvalue weighted by atomic mass is 10.2. The summed E-state index contributed by atoms with van der Waals surface area (Å²) in [6, 6.07) is 6.69. The first-order valence-electron chi connectivity index (χ1n) is 5.45. The molecule has 0 heterocycles. The van der Waals surface area contributed by atoms with Crippen molar-refractivity contribution in [3.05, 3.63) is 24.3 Å². The lowest BCUT2D eigenvalue weighted by Crippen LogP contribution is -2.15. The molecule has 1 rings (SSSR count). The number of benzene rings is 1. The van der Waals surface area contributed by atoms with Gasteiger partial charge >= 0.3 is 5.97 Å². The van der Waals surface area contributed by atoms with Crippen LogP contribution in [0.5, 0.6) is 0 Å². The number of hydrogen-bond donors (Lipinski definition) is 1. The molecule has 0 saturated carbocycles. The van der Waals surface area contributed by atoms with Gasteiger partial charge in [-0.3, -0.25) is 0 Å². The zero-order valence-corrected chi connectivity index (χ0v) is 10.3. The van der Waals surface area contributed by atoms with Gasteiger partial charge in [-0.25, -0.2) is 4.79 Å². The SMILES string of the molecule is CCC(N=Nc1ccc(N(C)C)cc1)C(=O)O. The Hall–Kier alpha value is -1.91. The molecule has 0 radical (unpaired) electrons. The van der Waals surface area contributed by atoms with E-state index in [4.69, 9.17) is 5.11 Å². The summed E-state index contributed by atoms with van der Waals surface area (Å²) in [5.41, 5.74) is 1.73. The predicted molar refractivity (Wildman–Crippen MR) is 67.0 cm³/mol. The third-order valence-corrected chi connectivity index (χ3v) is 2.35. The van der Waals surface area contributed by atoms with Gasteiger partial charge in [0.1, 0.15) is 0 Å². The van der Waals surface area contributed by atoms with Crippen LogP contribution in [-0.2, 0) is 4.79 Å². The second kappa shape index (κ2) is 5.98. The van der Waals surface area contributed by atoms with Crippen LogP contribution in [0, 0.1) is 0 Å². The minimum Gasteiger partial charge on any atom is -0.480 e. The molecule has 1 atom stereocenters. The van der Waals surface area contributed by atoms with Crippen molar-refractivity contribution in [3.8, 4) is 0 Å².